The second kappa shape index (κ2) is 7.99. The highest BCUT2D eigenvalue weighted by molar-refractivity contribution is 5.93. The van der Waals surface area contributed by atoms with Crippen LogP contribution in [0.5, 0.6) is 5.75 Å². The van der Waals surface area contributed by atoms with Crippen LogP contribution in [0.1, 0.15) is 37.7 Å². The maximum atomic E-state index is 12.5. The smallest absolute Gasteiger partial charge is 0.227 e. The van der Waals surface area contributed by atoms with E-state index in [0.717, 1.165) is 62.3 Å². The van der Waals surface area contributed by atoms with E-state index < -0.39 is 0 Å². The van der Waals surface area contributed by atoms with Gasteiger partial charge in [-0.25, -0.2) is 0 Å². The lowest BCUT2D eigenvalue weighted by molar-refractivity contribution is -0.120. The molecule has 2 fully saturated rings. The average molecular weight is 332 g/mol. The molecule has 1 saturated carbocycles. The van der Waals surface area contributed by atoms with Crippen LogP contribution in [0.25, 0.3) is 0 Å². The minimum Gasteiger partial charge on any atom is -0.490 e. The van der Waals surface area contributed by atoms with Crippen molar-refractivity contribution in [2.45, 2.75) is 45.1 Å². The number of hydrogen-bond acceptors (Lipinski definition) is 4. The van der Waals surface area contributed by atoms with Crippen molar-refractivity contribution in [3.8, 4) is 5.75 Å². The van der Waals surface area contributed by atoms with E-state index in [1.54, 1.807) is 0 Å². The maximum Gasteiger partial charge on any atom is 0.227 e. The van der Waals surface area contributed by atoms with Gasteiger partial charge in [-0.05, 0) is 56.0 Å². The van der Waals surface area contributed by atoms with E-state index in [2.05, 4.69) is 5.32 Å². The van der Waals surface area contributed by atoms with Gasteiger partial charge in [0, 0.05) is 24.4 Å². The van der Waals surface area contributed by atoms with Gasteiger partial charge < -0.3 is 20.5 Å². The van der Waals surface area contributed by atoms with Crippen molar-refractivity contribution >= 4 is 11.6 Å². The highest BCUT2D eigenvalue weighted by Gasteiger charge is 2.31. The summed E-state index contributed by atoms with van der Waals surface area (Å²) >= 11 is 0. The van der Waals surface area contributed by atoms with Crippen molar-refractivity contribution in [2.75, 3.05) is 25.1 Å². The zero-order valence-corrected chi connectivity index (χ0v) is 14.4. The Morgan fingerprint density at radius 2 is 2.08 bits per heavy atom. The molecular weight excluding hydrogens is 304 g/mol. The monoisotopic (exact) mass is 332 g/mol. The zero-order valence-electron chi connectivity index (χ0n) is 14.4. The van der Waals surface area contributed by atoms with E-state index in [1.807, 2.05) is 25.1 Å². The molecule has 1 aliphatic carbocycles. The molecule has 132 valence electrons. The summed E-state index contributed by atoms with van der Waals surface area (Å²) in [4.78, 5) is 12.5. The molecule has 1 saturated heterocycles. The normalized spacial score (nSPS) is 24.8. The van der Waals surface area contributed by atoms with Crippen LogP contribution < -0.4 is 15.8 Å². The molecule has 1 aliphatic heterocycles. The SMILES string of the molecule is Cc1cc(NC(=O)[C@@H]2CCC[C@@H]2CN)ccc1OC1CCOCC1. The first kappa shape index (κ1) is 17.2. The fraction of sp³-hybridized carbons (Fsp3) is 0.632. The number of hydrogen-bond donors (Lipinski definition) is 2. The standard InChI is InChI=1S/C19H28N2O3/c1-13-11-15(21-19(22)17-4-2-3-14(17)12-20)5-6-18(13)24-16-7-9-23-10-8-16/h5-6,11,14,16-17H,2-4,7-10,12,20H2,1H3,(H,21,22)/t14-,17-/m1/s1. The predicted molar refractivity (Wildman–Crippen MR) is 94.2 cm³/mol. The van der Waals surface area contributed by atoms with Gasteiger partial charge in [-0.1, -0.05) is 6.42 Å². The van der Waals surface area contributed by atoms with Gasteiger partial charge in [0.2, 0.25) is 5.91 Å². The third-order valence-corrected chi connectivity index (χ3v) is 5.20. The van der Waals surface area contributed by atoms with E-state index in [-0.39, 0.29) is 17.9 Å². The summed E-state index contributed by atoms with van der Waals surface area (Å²) < 4.78 is 11.4. The Balaban J connectivity index is 1.60. The number of rotatable bonds is 5. The Morgan fingerprint density at radius 3 is 2.79 bits per heavy atom. The highest BCUT2D eigenvalue weighted by atomic mass is 16.5. The van der Waals surface area contributed by atoms with Gasteiger partial charge in [0.1, 0.15) is 11.9 Å². The van der Waals surface area contributed by atoms with Crippen LogP contribution in [0.2, 0.25) is 0 Å². The Kier molecular flexibility index (Phi) is 5.74. The second-order valence-electron chi connectivity index (χ2n) is 6.93. The topological polar surface area (TPSA) is 73.6 Å². The van der Waals surface area contributed by atoms with Crippen LogP contribution in [-0.4, -0.2) is 31.8 Å². The van der Waals surface area contributed by atoms with E-state index in [9.17, 15) is 4.79 Å². The lowest BCUT2D eigenvalue weighted by Gasteiger charge is -2.24. The van der Waals surface area contributed by atoms with Crippen LogP contribution >= 0.6 is 0 Å². The Morgan fingerprint density at radius 1 is 1.29 bits per heavy atom. The lowest BCUT2D eigenvalue weighted by Crippen LogP contribution is -2.29. The fourth-order valence-corrected chi connectivity index (χ4v) is 3.73. The van der Waals surface area contributed by atoms with Crippen molar-refractivity contribution in [3.63, 3.8) is 0 Å². The fourth-order valence-electron chi connectivity index (χ4n) is 3.73. The van der Waals surface area contributed by atoms with E-state index in [0.29, 0.717) is 12.5 Å². The van der Waals surface area contributed by atoms with E-state index >= 15 is 0 Å². The number of benzene rings is 1. The first-order chi connectivity index (χ1) is 11.7. The Bertz CT molecular complexity index is 570. The molecule has 2 aliphatic rings. The molecule has 1 aromatic rings. The number of nitrogens with two attached hydrogens (primary N) is 1. The summed E-state index contributed by atoms with van der Waals surface area (Å²) in [5, 5.41) is 3.05. The van der Waals surface area contributed by atoms with Gasteiger partial charge in [0.25, 0.3) is 0 Å². The molecule has 1 heterocycles. The van der Waals surface area contributed by atoms with Gasteiger partial charge in [-0.3, -0.25) is 4.79 Å². The molecule has 2 atom stereocenters. The van der Waals surface area contributed by atoms with Crippen molar-refractivity contribution in [1.82, 2.24) is 0 Å². The lowest BCUT2D eigenvalue weighted by atomic mass is 9.95. The maximum absolute atomic E-state index is 12.5. The van der Waals surface area contributed by atoms with Gasteiger partial charge >= 0.3 is 0 Å². The largest absolute Gasteiger partial charge is 0.490 e. The second-order valence-corrected chi connectivity index (χ2v) is 6.93. The minimum absolute atomic E-state index is 0.0495. The van der Waals surface area contributed by atoms with Gasteiger partial charge in [0.15, 0.2) is 0 Å². The molecule has 0 bridgehead atoms. The Hall–Kier alpha value is -1.59. The number of anilines is 1. The molecule has 1 amide bonds. The van der Waals surface area contributed by atoms with E-state index in [4.69, 9.17) is 15.2 Å². The third-order valence-electron chi connectivity index (χ3n) is 5.20. The predicted octanol–water partition coefficient (Wildman–Crippen LogP) is 2.87. The zero-order chi connectivity index (χ0) is 16.9. The summed E-state index contributed by atoms with van der Waals surface area (Å²) in [6.07, 6.45) is 5.18. The van der Waals surface area contributed by atoms with Crippen molar-refractivity contribution < 1.29 is 14.3 Å². The van der Waals surface area contributed by atoms with Gasteiger partial charge in [-0.2, -0.15) is 0 Å². The van der Waals surface area contributed by atoms with Gasteiger partial charge in [0.05, 0.1) is 13.2 Å². The van der Waals surface area contributed by atoms with Crippen LogP contribution in [0.3, 0.4) is 0 Å². The van der Waals surface area contributed by atoms with E-state index in [1.165, 1.54) is 0 Å². The van der Waals surface area contributed by atoms with Crippen LogP contribution in [0.15, 0.2) is 18.2 Å². The first-order valence-electron chi connectivity index (χ1n) is 9.03. The molecule has 1 aromatic carbocycles. The molecule has 3 N–H and O–H groups in total. The molecule has 0 radical (unpaired) electrons. The van der Waals surface area contributed by atoms with Crippen LogP contribution in [0.4, 0.5) is 5.69 Å². The molecule has 5 nitrogen and oxygen atoms in total. The summed E-state index contributed by atoms with van der Waals surface area (Å²) in [6, 6.07) is 5.86. The first-order valence-corrected chi connectivity index (χ1v) is 9.03. The number of aryl methyl sites for hydroxylation is 1. The van der Waals surface area contributed by atoms with Crippen LogP contribution in [-0.2, 0) is 9.53 Å². The number of ether oxygens (including phenoxy) is 2. The minimum atomic E-state index is 0.0495. The summed E-state index contributed by atoms with van der Waals surface area (Å²) in [5.74, 6) is 1.36. The van der Waals surface area contributed by atoms with Crippen molar-refractivity contribution in [1.29, 1.82) is 0 Å². The number of carbonyl (C=O) groups excluding carboxylic acids is 1. The molecular formula is C19H28N2O3. The van der Waals surface area contributed by atoms with Gasteiger partial charge in [-0.15, -0.1) is 0 Å². The number of nitrogens with one attached hydrogen (secondary N) is 1. The van der Waals surface area contributed by atoms with Crippen molar-refractivity contribution in [2.24, 2.45) is 17.6 Å². The molecule has 24 heavy (non-hydrogen) atoms. The highest BCUT2D eigenvalue weighted by Crippen LogP contribution is 2.32. The average Bonchev–Trinajstić information content (AvgIpc) is 3.07. The Labute approximate surface area is 143 Å². The summed E-state index contributed by atoms with van der Waals surface area (Å²) in [5.41, 5.74) is 7.66. The molecule has 0 spiro atoms. The number of carbonyl (C=O) groups is 1. The number of amides is 1. The summed E-state index contributed by atoms with van der Waals surface area (Å²) in [6.45, 7) is 4.14. The molecule has 0 unspecified atom stereocenters. The molecule has 3 rings (SSSR count). The third kappa shape index (κ3) is 4.08. The molecule has 5 heteroatoms. The quantitative estimate of drug-likeness (QED) is 0.869. The van der Waals surface area contributed by atoms with Crippen LogP contribution in [0, 0.1) is 18.8 Å². The summed E-state index contributed by atoms with van der Waals surface area (Å²) in [7, 11) is 0. The van der Waals surface area contributed by atoms with Crippen molar-refractivity contribution in [3.05, 3.63) is 23.8 Å². The molecule has 0 aromatic heterocycles.